The van der Waals surface area contributed by atoms with Crippen LogP contribution in [0.4, 0.5) is 5.13 Å². The van der Waals surface area contributed by atoms with Crippen molar-refractivity contribution in [1.82, 2.24) is 14.9 Å². The predicted octanol–water partition coefficient (Wildman–Crippen LogP) is 3.54. The molecule has 5 nitrogen and oxygen atoms in total. The molecule has 1 saturated heterocycles. The van der Waals surface area contributed by atoms with Crippen LogP contribution in [0, 0.1) is 0 Å². The molecule has 1 fully saturated rings. The van der Waals surface area contributed by atoms with E-state index < -0.39 is 0 Å². The lowest BCUT2D eigenvalue weighted by Gasteiger charge is -2.17. The van der Waals surface area contributed by atoms with Gasteiger partial charge in [-0.25, -0.2) is 4.98 Å². The standard InChI is InChI=1S/C20H20N4OS/c1-23-12-9-17(25)24(14-13-23)20-22-18(15-5-3-2-4-6-15)19(26-20)16-7-10-21-11-8-16/h2-8,10-11H,9,12-14H2,1H3. The van der Waals surface area contributed by atoms with E-state index in [2.05, 4.69) is 29.1 Å². The van der Waals surface area contributed by atoms with E-state index in [1.807, 2.05) is 35.2 Å². The van der Waals surface area contributed by atoms with Crippen molar-refractivity contribution in [2.45, 2.75) is 6.42 Å². The predicted molar refractivity (Wildman–Crippen MR) is 105 cm³/mol. The van der Waals surface area contributed by atoms with Gasteiger partial charge >= 0.3 is 0 Å². The van der Waals surface area contributed by atoms with Gasteiger partial charge in [0, 0.05) is 44.0 Å². The molecule has 6 heteroatoms. The third-order valence-corrected chi connectivity index (χ3v) is 5.68. The zero-order valence-electron chi connectivity index (χ0n) is 14.6. The van der Waals surface area contributed by atoms with Gasteiger partial charge in [-0.2, -0.15) is 0 Å². The van der Waals surface area contributed by atoms with Crippen molar-refractivity contribution in [2.24, 2.45) is 0 Å². The van der Waals surface area contributed by atoms with Gasteiger partial charge in [-0.15, -0.1) is 0 Å². The highest BCUT2D eigenvalue weighted by molar-refractivity contribution is 7.19. The Bertz CT molecular complexity index is 838. The molecule has 1 aliphatic heterocycles. The van der Waals surface area contributed by atoms with Crippen LogP contribution in [0.25, 0.3) is 21.7 Å². The number of hydrogen-bond donors (Lipinski definition) is 0. The van der Waals surface area contributed by atoms with E-state index in [1.165, 1.54) is 0 Å². The van der Waals surface area contributed by atoms with Gasteiger partial charge in [0.25, 0.3) is 0 Å². The molecule has 0 bridgehead atoms. The summed E-state index contributed by atoms with van der Waals surface area (Å²) in [6.45, 7) is 2.33. The molecular weight excluding hydrogens is 344 g/mol. The molecule has 0 unspecified atom stereocenters. The second kappa shape index (κ2) is 7.35. The minimum atomic E-state index is 0.143. The van der Waals surface area contributed by atoms with E-state index in [-0.39, 0.29) is 5.91 Å². The Hall–Kier alpha value is -2.57. The van der Waals surface area contributed by atoms with Gasteiger partial charge in [-0.05, 0) is 24.7 Å². The first-order chi connectivity index (χ1) is 12.7. The Morgan fingerprint density at radius 2 is 1.73 bits per heavy atom. The maximum absolute atomic E-state index is 12.6. The van der Waals surface area contributed by atoms with Crippen LogP contribution in [0.2, 0.25) is 0 Å². The Morgan fingerprint density at radius 1 is 0.962 bits per heavy atom. The summed E-state index contributed by atoms with van der Waals surface area (Å²) in [7, 11) is 2.05. The highest BCUT2D eigenvalue weighted by Crippen LogP contribution is 2.40. The monoisotopic (exact) mass is 364 g/mol. The average Bonchev–Trinajstić information content (AvgIpc) is 3.05. The van der Waals surface area contributed by atoms with Crippen LogP contribution < -0.4 is 4.90 Å². The molecule has 26 heavy (non-hydrogen) atoms. The molecule has 1 amide bonds. The van der Waals surface area contributed by atoms with Crippen LogP contribution in [0.5, 0.6) is 0 Å². The Labute approximate surface area is 156 Å². The van der Waals surface area contributed by atoms with Gasteiger partial charge in [0.15, 0.2) is 5.13 Å². The normalized spacial score (nSPS) is 15.9. The molecule has 2 aromatic heterocycles. The summed E-state index contributed by atoms with van der Waals surface area (Å²) in [5.41, 5.74) is 3.05. The maximum Gasteiger partial charge on any atom is 0.230 e. The van der Waals surface area contributed by atoms with Crippen molar-refractivity contribution >= 4 is 22.4 Å². The number of pyridine rings is 1. The third-order valence-electron chi connectivity index (χ3n) is 4.55. The third kappa shape index (κ3) is 3.38. The topological polar surface area (TPSA) is 49.3 Å². The maximum atomic E-state index is 12.6. The number of carbonyl (C=O) groups is 1. The van der Waals surface area contributed by atoms with Crippen LogP contribution in [0.3, 0.4) is 0 Å². The van der Waals surface area contributed by atoms with E-state index >= 15 is 0 Å². The number of hydrogen-bond acceptors (Lipinski definition) is 5. The minimum Gasteiger partial charge on any atom is -0.304 e. The number of aromatic nitrogens is 2. The Balaban J connectivity index is 1.80. The fourth-order valence-corrected chi connectivity index (χ4v) is 4.18. The van der Waals surface area contributed by atoms with Crippen molar-refractivity contribution < 1.29 is 4.79 Å². The molecule has 0 saturated carbocycles. The lowest BCUT2D eigenvalue weighted by molar-refractivity contribution is -0.118. The number of carbonyl (C=O) groups excluding carboxylic acids is 1. The van der Waals surface area contributed by atoms with Crippen molar-refractivity contribution in [3.8, 4) is 21.7 Å². The average molecular weight is 364 g/mol. The van der Waals surface area contributed by atoms with Gasteiger partial charge in [0.05, 0.1) is 10.6 Å². The summed E-state index contributed by atoms with van der Waals surface area (Å²) < 4.78 is 0. The lowest BCUT2D eigenvalue weighted by atomic mass is 10.1. The smallest absolute Gasteiger partial charge is 0.230 e. The second-order valence-electron chi connectivity index (χ2n) is 6.37. The van der Waals surface area contributed by atoms with Crippen molar-refractivity contribution in [3.05, 3.63) is 54.9 Å². The zero-order chi connectivity index (χ0) is 17.9. The minimum absolute atomic E-state index is 0.143. The summed E-state index contributed by atoms with van der Waals surface area (Å²) in [6, 6.07) is 14.1. The molecular formula is C20H20N4OS. The first kappa shape index (κ1) is 16.9. The molecule has 0 aliphatic carbocycles. The summed E-state index contributed by atoms with van der Waals surface area (Å²) in [5.74, 6) is 0.143. The largest absolute Gasteiger partial charge is 0.304 e. The van der Waals surface area contributed by atoms with Crippen molar-refractivity contribution in [2.75, 3.05) is 31.6 Å². The van der Waals surface area contributed by atoms with Crippen LogP contribution >= 0.6 is 11.3 Å². The van der Waals surface area contributed by atoms with Crippen molar-refractivity contribution in [1.29, 1.82) is 0 Å². The van der Waals surface area contributed by atoms with Gasteiger partial charge in [-0.1, -0.05) is 41.7 Å². The summed E-state index contributed by atoms with van der Waals surface area (Å²) in [4.78, 5) is 26.7. The van der Waals surface area contributed by atoms with E-state index in [0.717, 1.165) is 39.9 Å². The Morgan fingerprint density at radius 3 is 2.50 bits per heavy atom. The number of nitrogens with zero attached hydrogens (tertiary/aromatic N) is 4. The zero-order valence-corrected chi connectivity index (χ0v) is 15.4. The molecule has 3 heterocycles. The van der Waals surface area contributed by atoms with E-state index in [1.54, 1.807) is 23.7 Å². The molecule has 4 rings (SSSR count). The quantitative estimate of drug-likeness (QED) is 0.713. The van der Waals surface area contributed by atoms with Crippen LogP contribution in [0.15, 0.2) is 54.9 Å². The molecule has 3 aromatic rings. The summed E-state index contributed by atoms with van der Waals surface area (Å²) in [5, 5.41) is 0.774. The fraction of sp³-hybridized carbons (Fsp3) is 0.250. The number of amides is 1. The molecule has 0 N–H and O–H groups in total. The van der Waals surface area contributed by atoms with Crippen molar-refractivity contribution in [3.63, 3.8) is 0 Å². The first-order valence-electron chi connectivity index (χ1n) is 8.68. The van der Waals surface area contributed by atoms with Gasteiger partial charge < -0.3 is 4.90 Å². The molecule has 0 spiro atoms. The second-order valence-corrected chi connectivity index (χ2v) is 7.35. The number of likely N-dealkylation sites (N-methyl/N-ethyl adjacent to an activating group) is 1. The number of anilines is 1. The molecule has 1 aliphatic rings. The number of benzene rings is 1. The first-order valence-corrected chi connectivity index (χ1v) is 9.49. The highest BCUT2D eigenvalue weighted by Gasteiger charge is 2.25. The SMILES string of the molecule is CN1CCC(=O)N(c2nc(-c3ccccc3)c(-c3ccncc3)s2)CC1. The molecule has 0 atom stereocenters. The molecule has 132 valence electrons. The summed E-state index contributed by atoms with van der Waals surface area (Å²) in [6.07, 6.45) is 4.10. The number of rotatable bonds is 3. The Kier molecular flexibility index (Phi) is 4.77. The summed E-state index contributed by atoms with van der Waals surface area (Å²) >= 11 is 1.58. The van der Waals surface area contributed by atoms with Gasteiger partial charge in [0.2, 0.25) is 5.91 Å². The van der Waals surface area contributed by atoms with E-state index in [9.17, 15) is 4.79 Å². The fourth-order valence-electron chi connectivity index (χ4n) is 3.05. The molecule has 1 aromatic carbocycles. The van der Waals surface area contributed by atoms with Crippen LogP contribution in [-0.4, -0.2) is 47.5 Å². The van der Waals surface area contributed by atoms with Crippen LogP contribution in [0.1, 0.15) is 6.42 Å². The van der Waals surface area contributed by atoms with Gasteiger partial charge in [-0.3, -0.25) is 14.7 Å². The van der Waals surface area contributed by atoms with Gasteiger partial charge in [0.1, 0.15) is 0 Å². The lowest BCUT2D eigenvalue weighted by Crippen LogP contribution is -2.32. The highest BCUT2D eigenvalue weighted by atomic mass is 32.1. The van der Waals surface area contributed by atoms with Crippen LogP contribution in [-0.2, 0) is 4.79 Å². The van der Waals surface area contributed by atoms with E-state index in [4.69, 9.17) is 4.98 Å². The number of thiazole rings is 1. The van der Waals surface area contributed by atoms with E-state index in [0.29, 0.717) is 13.0 Å². The molecule has 0 radical (unpaired) electrons.